The van der Waals surface area contributed by atoms with Gasteiger partial charge in [0.25, 0.3) is 5.91 Å². The fourth-order valence-electron chi connectivity index (χ4n) is 2.12. The van der Waals surface area contributed by atoms with Crippen LogP contribution in [-0.4, -0.2) is 24.0 Å². The highest BCUT2D eigenvalue weighted by molar-refractivity contribution is 6.20. The average molecular weight is 327 g/mol. The Kier molecular flexibility index (Phi) is 4.24. The molecule has 0 spiro atoms. The second kappa shape index (κ2) is 5.72. The molecule has 2 rings (SSSR count). The number of hydrogen-bond acceptors (Lipinski definition) is 3. The van der Waals surface area contributed by atoms with Crippen molar-refractivity contribution >= 4 is 17.4 Å². The van der Waals surface area contributed by atoms with Gasteiger partial charge < -0.3 is 10.1 Å². The van der Waals surface area contributed by atoms with E-state index in [1.54, 1.807) is 20.8 Å². The molecule has 7 heteroatoms. The minimum atomic E-state index is -4.57. The Labute approximate surface area is 131 Å². The highest BCUT2D eigenvalue weighted by Gasteiger charge is 2.33. The number of nitrogens with one attached hydrogen (secondary N) is 1. The van der Waals surface area contributed by atoms with E-state index in [0.717, 1.165) is 18.2 Å². The van der Waals surface area contributed by atoms with E-state index in [-0.39, 0.29) is 23.2 Å². The zero-order chi connectivity index (χ0) is 17.4. The number of benzene rings is 1. The Morgan fingerprint density at radius 1 is 1.17 bits per heavy atom. The summed E-state index contributed by atoms with van der Waals surface area (Å²) in [6.07, 6.45) is -3.21. The standard InChI is InChI=1S/C16H16F3NO3/c1-15(2,3)23-14(22)11-6-7-20-13(21)10-5-4-9(8-12(10)11)16(17,18)19/h4-6,8H,7H2,1-3H3,(H,20,21). The Morgan fingerprint density at radius 3 is 2.39 bits per heavy atom. The van der Waals surface area contributed by atoms with Crippen molar-refractivity contribution in [3.63, 3.8) is 0 Å². The van der Waals surface area contributed by atoms with Crippen molar-refractivity contribution in [2.24, 2.45) is 0 Å². The molecular weight excluding hydrogens is 311 g/mol. The summed E-state index contributed by atoms with van der Waals surface area (Å²) >= 11 is 0. The number of carbonyl (C=O) groups is 2. The molecule has 0 aliphatic carbocycles. The van der Waals surface area contributed by atoms with Crippen LogP contribution in [0.15, 0.2) is 24.3 Å². The summed E-state index contributed by atoms with van der Waals surface area (Å²) in [6, 6.07) is 2.68. The molecule has 1 heterocycles. The van der Waals surface area contributed by atoms with Gasteiger partial charge in [0.1, 0.15) is 5.60 Å². The second-order valence-corrected chi connectivity index (χ2v) is 6.09. The smallest absolute Gasteiger partial charge is 0.416 e. The van der Waals surface area contributed by atoms with E-state index < -0.39 is 29.2 Å². The highest BCUT2D eigenvalue weighted by atomic mass is 19.4. The van der Waals surface area contributed by atoms with Crippen molar-refractivity contribution in [2.45, 2.75) is 32.5 Å². The molecule has 1 aromatic carbocycles. The van der Waals surface area contributed by atoms with Crippen LogP contribution in [0.25, 0.3) is 5.57 Å². The third kappa shape index (κ3) is 3.91. The van der Waals surface area contributed by atoms with E-state index in [1.165, 1.54) is 6.08 Å². The molecule has 23 heavy (non-hydrogen) atoms. The van der Waals surface area contributed by atoms with Gasteiger partial charge in [0.15, 0.2) is 0 Å². The Hall–Kier alpha value is -2.31. The summed E-state index contributed by atoms with van der Waals surface area (Å²) < 4.78 is 44.0. The van der Waals surface area contributed by atoms with Crippen LogP contribution in [0, 0.1) is 0 Å². The number of hydrogen-bond donors (Lipinski definition) is 1. The molecule has 0 radical (unpaired) electrons. The summed E-state index contributed by atoms with van der Waals surface area (Å²) in [4.78, 5) is 24.2. The molecule has 0 saturated carbocycles. The molecular formula is C16H16F3NO3. The lowest BCUT2D eigenvalue weighted by molar-refractivity contribution is -0.147. The van der Waals surface area contributed by atoms with Crippen molar-refractivity contribution in [1.82, 2.24) is 5.32 Å². The van der Waals surface area contributed by atoms with Crippen LogP contribution in [0.2, 0.25) is 0 Å². The third-order valence-electron chi connectivity index (χ3n) is 3.07. The first kappa shape index (κ1) is 17.1. The Morgan fingerprint density at radius 2 is 1.83 bits per heavy atom. The summed E-state index contributed by atoms with van der Waals surface area (Å²) in [5, 5.41) is 2.50. The van der Waals surface area contributed by atoms with Gasteiger partial charge in [0, 0.05) is 17.7 Å². The molecule has 0 aromatic heterocycles. The molecule has 1 amide bonds. The fourth-order valence-corrected chi connectivity index (χ4v) is 2.12. The van der Waals surface area contributed by atoms with Crippen molar-refractivity contribution in [3.8, 4) is 0 Å². The monoisotopic (exact) mass is 327 g/mol. The van der Waals surface area contributed by atoms with E-state index in [2.05, 4.69) is 5.32 Å². The maximum atomic E-state index is 12.9. The van der Waals surface area contributed by atoms with Crippen LogP contribution < -0.4 is 5.32 Å². The topological polar surface area (TPSA) is 55.4 Å². The van der Waals surface area contributed by atoms with Gasteiger partial charge in [-0.15, -0.1) is 0 Å². The molecule has 1 aliphatic rings. The summed E-state index contributed by atoms with van der Waals surface area (Å²) in [5.74, 6) is -1.31. The van der Waals surface area contributed by atoms with E-state index >= 15 is 0 Å². The zero-order valence-electron chi connectivity index (χ0n) is 12.9. The van der Waals surface area contributed by atoms with Crippen molar-refractivity contribution in [3.05, 3.63) is 41.0 Å². The van der Waals surface area contributed by atoms with E-state index in [1.807, 2.05) is 0 Å². The maximum Gasteiger partial charge on any atom is 0.416 e. The fraction of sp³-hybridized carbons (Fsp3) is 0.375. The predicted octanol–water partition coefficient (Wildman–Crippen LogP) is 3.17. The number of carbonyl (C=O) groups excluding carboxylic acids is 2. The number of rotatable bonds is 1. The molecule has 1 N–H and O–H groups in total. The minimum absolute atomic E-state index is 0.00705. The summed E-state index contributed by atoms with van der Waals surface area (Å²) in [6.45, 7) is 4.99. The molecule has 0 saturated heterocycles. The molecule has 4 nitrogen and oxygen atoms in total. The van der Waals surface area contributed by atoms with Gasteiger partial charge in [0.05, 0.1) is 11.1 Å². The second-order valence-electron chi connectivity index (χ2n) is 6.09. The molecule has 0 fully saturated rings. The van der Waals surface area contributed by atoms with Crippen LogP contribution in [0.4, 0.5) is 13.2 Å². The van der Waals surface area contributed by atoms with Gasteiger partial charge in [-0.3, -0.25) is 4.79 Å². The molecule has 0 bridgehead atoms. The summed E-state index contributed by atoms with van der Waals surface area (Å²) in [5.41, 5.74) is -1.86. The van der Waals surface area contributed by atoms with Crippen LogP contribution in [0.3, 0.4) is 0 Å². The number of halogens is 3. The van der Waals surface area contributed by atoms with Crippen LogP contribution in [-0.2, 0) is 15.7 Å². The summed E-state index contributed by atoms with van der Waals surface area (Å²) in [7, 11) is 0. The van der Waals surface area contributed by atoms with Gasteiger partial charge in [-0.25, -0.2) is 4.79 Å². The van der Waals surface area contributed by atoms with Gasteiger partial charge in [0.2, 0.25) is 0 Å². The van der Waals surface area contributed by atoms with Gasteiger partial charge in [-0.1, -0.05) is 6.08 Å². The Bertz CT molecular complexity index is 685. The SMILES string of the molecule is CC(C)(C)OC(=O)C1=CCNC(=O)c2ccc(C(F)(F)F)cc21. The first-order valence-electron chi connectivity index (χ1n) is 6.92. The van der Waals surface area contributed by atoms with Gasteiger partial charge in [-0.05, 0) is 39.0 Å². The van der Waals surface area contributed by atoms with E-state index in [0.29, 0.717) is 0 Å². The first-order valence-corrected chi connectivity index (χ1v) is 6.92. The van der Waals surface area contributed by atoms with Crippen molar-refractivity contribution < 1.29 is 27.5 Å². The van der Waals surface area contributed by atoms with Gasteiger partial charge in [-0.2, -0.15) is 13.2 Å². The highest BCUT2D eigenvalue weighted by Crippen LogP contribution is 2.33. The normalized spacial score (nSPS) is 15.2. The lowest BCUT2D eigenvalue weighted by Gasteiger charge is -2.21. The zero-order valence-corrected chi connectivity index (χ0v) is 12.9. The lowest BCUT2D eigenvalue weighted by Crippen LogP contribution is -2.25. The van der Waals surface area contributed by atoms with Gasteiger partial charge >= 0.3 is 12.1 Å². The maximum absolute atomic E-state index is 12.9. The predicted molar refractivity (Wildman–Crippen MR) is 77.6 cm³/mol. The van der Waals surface area contributed by atoms with E-state index in [9.17, 15) is 22.8 Å². The number of fused-ring (bicyclic) bond motifs is 1. The third-order valence-corrected chi connectivity index (χ3v) is 3.07. The molecule has 0 atom stereocenters. The van der Waals surface area contributed by atoms with Crippen LogP contribution in [0.5, 0.6) is 0 Å². The number of ether oxygens (including phenoxy) is 1. The number of alkyl halides is 3. The van der Waals surface area contributed by atoms with E-state index in [4.69, 9.17) is 4.74 Å². The van der Waals surface area contributed by atoms with Crippen LogP contribution in [0.1, 0.15) is 42.3 Å². The average Bonchev–Trinajstić information content (AvgIpc) is 2.55. The molecule has 124 valence electrons. The number of esters is 1. The van der Waals surface area contributed by atoms with Crippen molar-refractivity contribution in [1.29, 1.82) is 0 Å². The molecule has 0 unspecified atom stereocenters. The van der Waals surface area contributed by atoms with Crippen molar-refractivity contribution in [2.75, 3.05) is 6.54 Å². The Balaban J connectivity index is 2.55. The number of amides is 1. The quantitative estimate of drug-likeness (QED) is 0.806. The largest absolute Gasteiger partial charge is 0.456 e. The lowest BCUT2D eigenvalue weighted by atomic mass is 9.96. The first-order chi connectivity index (χ1) is 10.5. The minimum Gasteiger partial charge on any atom is -0.456 e. The molecule has 1 aromatic rings. The molecule has 1 aliphatic heterocycles. The van der Waals surface area contributed by atoms with Crippen LogP contribution >= 0.6 is 0 Å².